The first-order chi connectivity index (χ1) is 18.9. The van der Waals surface area contributed by atoms with E-state index in [4.69, 9.17) is 23.2 Å². The SMILES string of the molecule is CC[C@@H](C)NC(=O)[C@H](Cc1ccccc1)N(Cc1ccc(Cl)c(Cl)c1)C(=O)CCc1cccc2ccccc12. The van der Waals surface area contributed by atoms with Gasteiger partial charge in [0.25, 0.3) is 0 Å². The van der Waals surface area contributed by atoms with E-state index in [0.29, 0.717) is 22.9 Å². The van der Waals surface area contributed by atoms with Crippen LogP contribution in [0.2, 0.25) is 10.0 Å². The molecule has 6 heteroatoms. The van der Waals surface area contributed by atoms with Crippen molar-refractivity contribution in [3.8, 4) is 0 Å². The maximum absolute atomic E-state index is 14.0. The summed E-state index contributed by atoms with van der Waals surface area (Å²) in [6, 6.07) is 28.8. The molecule has 4 aromatic carbocycles. The molecule has 0 spiro atoms. The standard InChI is InChI=1S/C33H34Cl2N2O2/c1-3-23(2)36-33(39)31(21-24-10-5-4-6-11-24)37(22-25-16-18-29(34)30(35)20-25)32(38)19-17-27-14-9-13-26-12-7-8-15-28(26)27/h4-16,18,20,23,31H,3,17,19,21-22H2,1-2H3,(H,36,39)/t23-,31+/m1/s1. The Hall–Kier alpha value is -3.34. The zero-order chi connectivity index (χ0) is 27.8. The van der Waals surface area contributed by atoms with Gasteiger partial charge in [0.05, 0.1) is 10.0 Å². The van der Waals surface area contributed by atoms with Crippen molar-refractivity contribution in [3.05, 3.63) is 118 Å². The summed E-state index contributed by atoms with van der Waals surface area (Å²) in [7, 11) is 0. The fourth-order valence-electron chi connectivity index (χ4n) is 4.73. The Bertz CT molecular complexity index is 1420. The van der Waals surface area contributed by atoms with E-state index in [-0.39, 0.29) is 30.8 Å². The molecule has 0 aliphatic carbocycles. The molecule has 2 amide bonds. The molecule has 4 aromatic rings. The van der Waals surface area contributed by atoms with Gasteiger partial charge in [-0.15, -0.1) is 0 Å². The predicted molar refractivity (Wildman–Crippen MR) is 161 cm³/mol. The number of benzene rings is 4. The average molecular weight is 562 g/mol. The Kier molecular flexibility index (Phi) is 10.0. The topological polar surface area (TPSA) is 49.4 Å². The lowest BCUT2D eigenvalue weighted by Gasteiger charge is -2.32. The zero-order valence-electron chi connectivity index (χ0n) is 22.4. The first-order valence-corrected chi connectivity index (χ1v) is 14.2. The van der Waals surface area contributed by atoms with Crippen molar-refractivity contribution in [3.63, 3.8) is 0 Å². The van der Waals surface area contributed by atoms with Crippen LogP contribution >= 0.6 is 23.2 Å². The Labute approximate surface area is 240 Å². The molecule has 0 aliphatic heterocycles. The summed E-state index contributed by atoms with van der Waals surface area (Å²) in [4.78, 5) is 29.4. The van der Waals surface area contributed by atoms with Crippen LogP contribution < -0.4 is 5.32 Å². The van der Waals surface area contributed by atoms with Crippen LogP contribution in [0.15, 0.2) is 91.0 Å². The predicted octanol–water partition coefficient (Wildman–Crippen LogP) is 7.63. The van der Waals surface area contributed by atoms with Gasteiger partial charge < -0.3 is 10.2 Å². The van der Waals surface area contributed by atoms with Gasteiger partial charge in [0.15, 0.2) is 0 Å². The maximum atomic E-state index is 14.0. The molecule has 4 nitrogen and oxygen atoms in total. The molecule has 0 aromatic heterocycles. The normalized spacial score (nSPS) is 12.6. The molecule has 39 heavy (non-hydrogen) atoms. The second kappa shape index (κ2) is 13.6. The maximum Gasteiger partial charge on any atom is 0.243 e. The first kappa shape index (κ1) is 28.7. The number of halogens is 2. The minimum Gasteiger partial charge on any atom is -0.352 e. The highest BCUT2D eigenvalue weighted by Gasteiger charge is 2.31. The highest BCUT2D eigenvalue weighted by atomic mass is 35.5. The van der Waals surface area contributed by atoms with Gasteiger partial charge in [-0.25, -0.2) is 0 Å². The van der Waals surface area contributed by atoms with E-state index in [1.54, 1.807) is 17.0 Å². The second-order valence-corrected chi connectivity index (χ2v) is 10.7. The van der Waals surface area contributed by atoms with E-state index in [1.165, 1.54) is 0 Å². The molecule has 1 N–H and O–H groups in total. The van der Waals surface area contributed by atoms with Crippen molar-refractivity contribution in [2.24, 2.45) is 0 Å². The number of fused-ring (bicyclic) bond motifs is 1. The number of carbonyl (C=O) groups excluding carboxylic acids is 2. The lowest BCUT2D eigenvalue weighted by molar-refractivity contribution is -0.141. The monoisotopic (exact) mass is 560 g/mol. The summed E-state index contributed by atoms with van der Waals surface area (Å²) >= 11 is 12.5. The molecule has 2 atom stereocenters. The van der Waals surface area contributed by atoms with Gasteiger partial charge in [0.2, 0.25) is 11.8 Å². The average Bonchev–Trinajstić information content (AvgIpc) is 2.95. The summed E-state index contributed by atoms with van der Waals surface area (Å²) in [5.74, 6) is -0.249. The van der Waals surface area contributed by atoms with Gasteiger partial charge in [0, 0.05) is 25.4 Å². The van der Waals surface area contributed by atoms with Gasteiger partial charge in [-0.05, 0) is 59.4 Å². The zero-order valence-corrected chi connectivity index (χ0v) is 23.9. The van der Waals surface area contributed by atoms with E-state index >= 15 is 0 Å². The molecule has 0 saturated carbocycles. The van der Waals surface area contributed by atoms with Crippen LogP contribution in [-0.2, 0) is 29.0 Å². The molecule has 0 unspecified atom stereocenters. The Balaban J connectivity index is 1.66. The molecule has 4 rings (SSSR count). The molecule has 202 valence electrons. The quantitative estimate of drug-likeness (QED) is 0.205. The van der Waals surface area contributed by atoms with Crippen molar-refractivity contribution in [2.45, 2.75) is 58.2 Å². The molecule has 0 aliphatic rings. The number of hydrogen-bond donors (Lipinski definition) is 1. The number of amides is 2. The lowest BCUT2D eigenvalue weighted by Crippen LogP contribution is -2.52. The Morgan fingerprint density at radius 3 is 2.31 bits per heavy atom. The van der Waals surface area contributed by atoms with Crippen LogP contribution in [0.3, 0.4) is 0 Å². The fourth-order valence-corrected chi connectivity index (χ4v) is 5.05. The van der Waals surface area contributed by atoms with E-state index in [0.717, 1.165) is 33.9 Å². The van der Waals surface area contributed by atoms with E-state index in [2.05, 4.69) is 29.6 Å². The van der Waals surface area contributed by atoms with Crippen LogP contribution in [0.4, 0.5) is 0 Å². The van der Waals surface area contributed by atoms with E-state index < -0.39 is 6.04 Å². The van der Waals surface area contributed by atoms with E-state index in [9.17, 15) is 9.59 Å². The van der Waals surface area contributed by atoms with Crippen LogP contribution in [0.1, 0.15) is 43.4 Å². The molecular formula is C33H34Cl2N2O2. The van der Waals surface area contributed by atoms with Crippen molar-refractivity contribution in [1.82, 2.24) is 10.2 Å². The summed E-state index contributed by atoms with van der Waals surface area (Å²) in [6.07, 6.45) is 2.05. The number of carbonyl (C=O) groups is 2. The molecule has 0 radical (unpaired) electrons. The molecule has 0 fully saturated rings. The van der Waals surface area contributed by atoms with Crippen molar-refractivity contribution in [1.29, 1.82) is 0 Å². The smallest absolute Gasteiger partial charge is 0.243 e. The number of rotatable bonds is 11. The number of nitrogens with zero attached hydrogens (tertiary/aromatic N) is 1. The van der Waals surface area contributed by atoms with Gasteiger partial charge >= 0.3 is 0 Å². The number of nitrogens with one attached hydrogen (secondary N) is 1. The summed E-state index contributed by atoms with van der Waals surface area (Å²) in [6.45, 7) is 4.25. The van der Waals surface area contributed by atoms with Crippen LogP contribution in [-0.4, -0.2) is 28.8 Å². The highest BCUT2D eigenvalue weighted by Crippen LogP contribution is 2.25. The lowest BCUT2D eigenvalue weighted by atomic mass is 9.99. The third-order valence-electron chi connectivity index (χ3n) is 7.10. The minimum absolute atomic E-state index is 0.00613. The third kappa shape index (κ3) is 7.62. The number of hydrogen-bond acceptors (Lipinski definition) is 2. The van der Waals surface area contributed by atoms with Crippen molar-refractivity contribution in [2.75, 3.05) is 0 Å². The molecular weight excluding hydrogens is 527 g/mol. The van der Waals surface area contributed by atoms with Gasteiger partial charge in [-0.2, -0.15) is 0 Å². The summed E-state index contributed by atoms with van der Waals surface area (Å²) in [5, 5.41) is 6.26. The van der Waals surface area contributed by atoms with Crippen LogP contribution in [0, 0.1) is 0 Å². The largest absolute Gasteiger partial charge is 0.352 e. The van der Waals surface area contributed by atoms with Gasteiger partial charge in [0.1, 0.15) is 6.04 Å². The fraction of sp³-hybridized carbons (Fsp3) is 0.273. The van der Waals surface area contributed by atoms with Crippen LogP contribution in [0.25, 0.3) is 10.8 Å². The molecule has 0 heterocycles. The first-order valence-electron chi connectivity index (χ1n) is 13.4. The summed E-state index contributed by atoms with van der Waals surface area (Å²) in [5.41, 5.74) is 2.92. The Morgan fingerprint density at radius 2 is 1.56 bits per heavy atom. The van der Waals surface area contributed by atoms with Gasteiger partial charge in [-0.3, -0.25) is 9.59 Å². The highest BCUT2D eigenvalue weighted by molar-refractivity contribution is 6.42. The van der Waals surface area contributed by atoms with Gasteiger partial charge in [-0.1, -0.05) is 109 Å². The molecule has 0 bridgehead atoms. The Morgan fingerprint density at radius 1 is 0.846 bits per heavy atom. The summed E-state index contributed by atoms with van der Waals surface area (Å²) < 4.78 is 0. The second-order valence-electron chi connectivity index (χ2n) is 9.93. The minimum atomic E-state index is -0.684. The van der Waals surface area contributed by atoms with Crippen molar-refractivity contribution < 1.29 is 9.59 Å². The molecule has 0 saturated heterocycles. The van der Waals surface area contributed by atoms with Crippen LogP contribution in [0.5, 0.6) is 0 Å². The third-order valence-corrected chi connectivity index (χ3v) is 7.84. The van der Waals surface area contributed by atoms with Crippen molar-refractivity contribution >= 4 is 45.8 Å². The van der Waals surface area contributed by atoms with E-state index in [1.807, 2.05) is 68.4 Å². The number of aryl methyl sites for hydroxylation is 1.